The fourth-order valence-electron chi connectivity index (χ4n) is 2.45. The van der Waals surface area contributed by atoms with Crippen LogP contribution < -0.4 is 11.1 Å². The summed E-state index contributed by atoms with van der Waals surface area (Å²) in [5, 5.41) is 13.3. The highest BCUT2D eigenvalue weighted by molar-refractivity contribution is 5.32. The quantitative estimate of drug-likeness (QED) is 0.716. The molecule has 0 aliphatic carbocycles. The summed E-state index contributed by atoms with van der Waals surface area (Å²) in [5.41, 5.74) is 7.83. The number of nitrogens with two attached hydrogens (primary N) is 1. The van der Waals surface area contributed by atoms with Crippen LogP contribution in [-0.4, -0.2) is 24.7 Å². The van der Waals surface area contributed by atoms with Crippen molar-refractivity contribution in [1.82, 2.24) is 5.32 Å². The van der Waals surface area contributed by atoms with Gasteiger partial charge < -0.3 is 16.2 Å². The molecule has 0 spiro atoms. The number of hydrogen-bond acceptors (Lipinski definition) is 3. The van der Waals surface area contributed by atoms with E-state index in [9.17, 15) is 5.11 Å². The maximum Gasteiger partial charge on any atom is 0.0914 e. The maximum atomic E-state index is 9.90. The second-order valence-corrected chi connectivity index (χ2v) is 4.40. The molecule has 1 saturated heterocycles. The Bertz CT molecular complexity index is 334. The maximum absolute atomic E-state index is 9.90. The molecule has 1 fully saturated rings. The SMILES string of the molecule is NCC(O)c1ccccc1C1CCNCC1. The standard InChI is InChI=1S/C13H20N2O/c14-9-13(16)12-4-2-1-3-11(12)10-5-7-15-8-6-10/h1-4,10,13,15-16H,5-9,14H2. The fraction of sp³-hybridized carbons (Fsp3) is 0.538. The second-order valence-electron chi connectivity index (χ2n) is 4.40. The monoisotopic (exact) mass is 220 g/mol. The van der Waals surface area contributed by atoms with Crippen LogP contribution in [0.2, 0.25) is 0 Å². The number of piperidine rings is 1. The van der Waals surface area contributed by atoms with Crippen LogP contribution >= 0.6 is 0 Å². The molecule has 1 aromatic rings. The number of benzene rings is 1. The third-order valence-electron chi connectivity index (χ3n) is 3.36. The fourth-order valence-corrected chi connectivity index (χ4v) is 2.45. The van der Waals surface area contributed by atoms with E-state index in [1.165, 1.54) is 5.56 Å². The average molecular weight is 220 g/mol. The first-order valence-electron chi connectivity index (χ1n) is 6.00. The van der Waals surface area contributed by atoms with E-state index in [0.29, 0.717) is 12.5 Å². The predicted molar refractivity (Wildman–Crippen MR) is 65.3 cm³/mol. The van der Waals surface area contributed by atoms with Crippen LogP contribution in [0, 0.1) is 0 Å². The van der Waals surface area contributed by atoms with Crippen molar-refractivity contribution in [2.45, 2.75) is 24.9 Å². The van der Waals surface area contributed by atoms with E-state index < -0.39 is 6.10 Å². The van der Waals surface area contributed by atoms with Crippen molar-refractivity contribution in [2.24, 2.45) is 5.73 Å². The van der Waals surface area contributed by atoms with Gasteiger partial charge in [-0.3, -0.25) is 0 Å². The Balaban J connectivity index is 2.24. The number of aliphatic hydroxyl groups excluding tert-OH is 1. The summed E-state index contributed by atoms with van der Waals surface area (Å²) in [6, 6.07) is 8.14. The van der Waals surface area contributed by atoms with Crippen molar-refractivity contribution in [2.75, 3.05) is 19.6 Å². The molecule has 1 heterocycles. The first-order valence-corrected chi connectivity index (χ1v) is 6.00. The van der Waals surface area contributed by atoms with Crippen LogP contribution in [0.25, 0.3) is 0 Å². The minimum Gasteiger partial charge on any atom is -0.387 e. The Hall–Kier alpha value is -0.900. The van der Waals surface area contributed by atoms with E-state index in [1.807, 2.05) is 18.2 Å². The van der Waals surface area contributed by atoms with Gasteiger partial charge in [-0.25, -0.2) is 0 Å². The van der Waals surface area contributed by atoms with E-state index in [0.717, 1.165) is 31.5 Å². The second kappa shape index (κ2) is 5.43. The third-order valence-corrected chi connectivity index (χ3v) is 3.36. The smallest absolute Gasteiger partial charge is 0.0914 e. The molecule has 2 rings (SSSR count). The molecule has 0 saturated carbocycles. The number of nitrogens with one attached hydrogen (secondary N) is 1. The molecule has 0 amide bonds. The zero-order valence-corrected chi connectivity index (χ0v) is 9.52. The molecule has 1 aliphatic heterocycles. The minimum absolute atomic E-state index is 0.294. The molecule has 16 heavy (non-hydrogen) atoms. The molecule has 3 heteroatoms. The van der Waals surface area contributed by atoms with Gasteiger partial charge in [-0.1, -0.05) is 24.3 Å². The van der Waals surface area contributed by atoms with Gasteiger partial charge in [0.25, 0.3) is 0 Å². The molecule has 1 unspecified atom stereocenters. The average Bonchev–Trinajstić information content (AvgIpc) is 2.39. The first kappa shape index (κ1) is 11.6. The van der Waals surface area contributed by atoms with E-state index in [2.05, 4.69) is 11.4 Å². The van der Waals surface area contributed by atoms with Gasteiger partial charge in [0.1, 0.15) is 0 Å². The summed E-state index contributed by atoms with van der Waals surface area (Å²) in [7, 11) is 0. The first-order chi connectivity index (χ1) is 7.83. The summed E-state index contributed by atoms with van der Waals surface area (Å²) >= 11 is 0. The molecule has 3 nitrogen and oxygen atoms in total. The van der Waals surface area contributed by atoms with Crippen LogP contribution in [0.1, 0.15) is 36.0 Å². The number of hydrogen-bond donors (Lipinski definition) is 3. The van der Waals surface area contributed by atoms with Gasteiger partial charge in [0.2, 0.25) is 0 Å². The lowest BCUT2D eigenvalue weighted by Crippen LogP contribution is -2.27. The number of aliphatic hydroxyl groups is 1. The van der Waals surface area contributed by atoms with Crippen molar-refractivity contribution < 1.29 is 5.11 Å². The Labute approximate surface area is 96.7 Å². The lowest BCUT2D eigenvalue weighted by molar-refractivity contribution is 0.184. The zero-order valence-electron chi connectivity index (χ0n) is 9.52. The summed E-state index contributed by atoms with van der Waals surface area (Å²) in [6.45, 7) is 2.43. The Morgan fingerprint density at radius 2 is 2.00 bits per heavy atom. The van der Waals surface area contributed by atoms with Crippen LogP contribution in [0.3, 0.4) is 0 Å². The van der Waals surface area contributed by atoms with Gasteiger partial charge in [0.15, 0.2) is 0 Å². The van der Waals surface area contributed by atoms with Gasteiger partial charge in [-0.15, -0.1) is 0 Å². The Kier molecular flexibility index (Phi) is 3.93. The Morgan fingerprint density at radius 1 is 1.31 bits per heavy atom. The molecule has 4 N–H and O–H groups in total. The largest absolute Gasteiger partial charge is 0.387 e. The van der Waals surface area contributed by atoms with E-state index in [-0.39, 0.29) is 0 Å². The van der Waals surface area contributed by atoms with E-state index >= 15 is 0 Å². The van der Waals surface area contributed by atoms with Crippen LogP contribution in [0.15, 0.2) is 24.3 Å². The summed E-state index contributed by atoms with van der Waals surface area (Å²) in [5.74, 6) is 0.568. The highest BCUT2D eigenvalue weighted by Gasteiger charge is 2.20. The van der Waals surface area contributed by atoms with Crippen LogP contribution in [-0.2, 0) is 0 Å². The van der Waals surface area contributed by atoms with Crippen molar-refractivity contribution in [3.8, 4) is 0 Å². The highest BCUT2D eigenvalue weighted by atomic mass is 16.3. The van der Waals surface area contributed by atoms with Crippen molar-refractivity contribution >= 4 is 0 Å². The molecular weight excluding hydrogens is 200 g/mol. The van der Waals surface area contributed by atoms with Gasteiger partial charge in [0, 0.05) is 6.54 Å². The lowest BCUT2D eigenvalue weighted by Gasteiger charge is -2.26. The summed E-state index contributed by atoms with van der Waals surface area (Å²) in [6.07, 6.45) is 1.77. The van der Waals surface area contributed by atoms with Gasteiger partial charge in [-0.2, -0.15) is 0 Å². The van der Waals surface area contributed by atoms with Gasteiger partial charge >= 0.3 is 0 Å². The molecular formula is C13H20N2O. The van der Waals surface area contributed by atoms with Crippen molar-refractivity contribution in [3.05, 3.63) is 35.4 Å². The van der Waals surface area contributed by atoms with Crippen LogP contribution in [0.4, 0.5) is 0 Å². The summed E-state index contributed by atoms with van der Waals surface area (Å²) in [4.78, 5) is 0. The van der Waals surface area contributed by atoms with Crippen molar-refractivity contribution in [1.29, 1.82) is 0 Å². The molecule has 1 aliphatic rings. The molecule has 0 aromatic heterocycles. The van der Waals surface area contributed by atoms with E-state index in [4.69, 9.17) is 5.73 Å². The lowest BCUT2D eigenvalue weighted by atomic mass is 9.85. The third kappa shape index (κ3) is 2.43. The topological polar surface area (TPSA) is 58.3 Å². The summed E-state index contributed by atoms with van der Waals surface area (Å²) < 4.78 is 0. The Morgan fingerprint density at radius 3 is 2.69 bits per heavy atom. The van der Waals surface area contributed by atoms with Crippen molar-refractivity contribution in [3.63, 3.8) is 0 Å². The predicted octanol–water partition coefficient (Wildman–Crippen LogP) is 1.15. The molecule has 0 radical (unpaired) electrons. The highest BCUT2D eigenvalue weighted by Crippen LogP contribution is 2.30. The molecule has 88 valence electrons. The molecule has 1 atom stereocenters. The van der Waals surface area contributed by atoms with Gasteiger partial charge in [-0.05, 0) is 43.0 Å². The van der Waals surface area contributed by atoms with E-state index in [1.54, 1.807) is 0 Å². The van der Waals surface area contributed by atoms with Crippen LogP contribution in [0.5, 0.6) is 0 Å². The molecule has 1 aromatic carbocycles. The normalized spacial score (nSPS) is 19.6. The number of rotatable bonds is 3. The van der Waals surface area contributed by atoms with Gasteiger partial charge in [0.05, 0.1) is 6.10 Å². The molecule has 0 bridgehead atoms. The zero-order chi connectivity index (χ0) is 11.4. The minimum atomic E-state index is -0.522.